The van der Waals surface area contributed by atoms with Crippen molar-refractivity contribution in [2.24, 2.45) is 0 Å². The Hall–Kier alpha value is -3.24. The highest BCUT2D eigenvalue weighted by atomic mass is 35.5. The number of halogens is 1. The van der Waals surface area contributed by atoms with E-state index < -0.39 is 6.09 Å². The molecule has 1 amide bonds. The van der Waals surface area contributed by atoms with Crippen LogP contribution in [0, 0.1) is 0 Å². The maximum atomic E-state index is 12.2. The summed E-state index contributed by atoms with van der Waals surface area (Å²) in [5.74, 6) is 1.20. The summed E-state index contributed by atoms with van der Waals surface area (Å²) in [5, 5.41) is 2.78. The Labute approximate surface area is 187 Å². The minimum atomic E-state index is -0.428. The Morgan fingerprint density at radius 3 is 2.35 bits per heavy atom. The number of fused-ring (bicyclic) bond motifs is 3. The first-order valence-electron chi connectivity index (χ1n) is 10.2. The number of hydrogen-bond donors (Lipinski definition) is 1. The zero-order chi connectivity index (χ0) is 21.6. The van der Waals surface area contributed by atoms with Gasteiger partial charge in [0, 0.05) is 18.0 Å². The van der Waals surface area contributed by atoms with E-state index in [1.54, 1.807) is 7.11 Å². The molecule has 4 rings (SSSR count). The van der Waals surface area contributed by atoms with Crippen LogP contribution in [0.5, 0.6) is 5.75 Å². The topological polar surface area (TPSA) is 47.6 Å². The third-order valence-corrected chi connectivity index (χ3v) is 5.75. The van der Waals surface area contributed by atoms with Crippen LogP contribution in [0.4, 0.5) is 4.79 Å². The Bertz CT molecular complexity index is 1060. The zero-order valence-electron chi connectivity index (χ0n) is 17.3. The smallest absolute Gasteiger partial charge is 0.407 e. The van der Waals surface area contributed by atoms with Crippen LogP contribution in [0.2, 0.25) is 0 Å². The first kappa shape index (κ1) is 21.0. The molecule has 0 atom stereocenters. The Kier molecular flexibility index (Phi) is 6.58. The molecule has 1 aliphatic carbocycles. The highest BCUT2D eigenvalue weighted by molar-refractivity contribution is 6.17. The highest BCUT2D eigenvalue weighted by Gasteiger charge is 2.28. The minimum Gasteiger partial charge on any atom is -0.496 e. The lowest BCUT2D eigenvalue weighted by molar-refractivity contribution is 0.144. The largest absolute Gasteiger partial charge is 0.496 e. The second kappa shape index (κ2) is 9.71. The molecule has 0 radical (unpaired) electrons. The molecule has 0 saturated heterocycles. The molecule has 0 spiro atoms. The number of alkyl halides is 1. The van der Waals surface area contributed by atoms with Gasteiger partial charge in [0.15, 0.2) is 0 Å². The van der Waals surface area contributed by atoms with Crippen LogP contribution in [-0.2, 0) is 10.6 Å². The van der Waals surface area contributed by atoms with Crippen molar-refractivity contribution >= 4 is 23.8 Å². The lowest BCUT2D eigenvalue weighted by atomic mass is 9.98. The van der Waals surface area contributed by atoms with Crippen LogP contribution in [0.25, 0.3) is 17.2 Å². The molecule has 0 bridgehead atoms. The molecule has 1 N–H and O–H groups in total. The number of rotatable bonds is 7. The van der Waals surface area contributed by atoms with Crippen LogP contribution < -0.4 is 10.1 Å². The molecule has 0 unspecified atom stereocenters. The number of nitrogens with one attached hydrogen (secondary N) is 1. The van der Waals surface area contributed by atoms with Gasteiger partial charge in [-0.25, -0.2) is 4.79 Å². The number of carbonyl (C=O) groups is 1. The number of benzene rings is 3. The van der Waals surface area contributed by atoms with Gasteiger partial charge in [-0.3, -0.25) is 0 Å². The molecule has 31 heavy (non-hydrogen) atoms. The lowest BCUT2D eigenvalue weighted by Crippen LogP contribution is -2.26. The summed E-state index contributed by atoms with van der Waals surface area (Å²) in [6.07, 6.45) is 3.38. The van der Waals surface area contributed by atoms with E-state index >= 15 is 0 Å². The molecule has 0 aromatic heterocycles. The summed E-state index contributed by atoms with van der Waals surface area (Å²) in [7, 11) is 1.62. The fraction of sp³-hybridized carbons (Fsp3) is 0.192. The van der Waals surface area contributed by atoms with Crippen LogP contribution in [0.15, 0.2) is 72.8 Å². The van der Waals surface area contributed by atoms with Crippen LogP contribution in [-0.4, -0.2) is 26.4 Å². The molecule has 3 aromatic carbocycles. The fourth-order valence-electron chi connectivity index (χ4n) is 3.99. The van der Waals surface area contributed by atoms with Crippen molar-refractivity contribution in [1.29, 1.82) is 0 Å². The van der Waals surface area contributed by atoms with Gasteiger partial charge in [0.2, 0.25) is 0 Å². The first-order chi connectivity index (χ1) is 15.2. The first-order valence-corrected chi connectivity index (χ1v) is 10.7. The number of carbonyl (C=O) groups excluding carboxylic acids is 1. The van der Waals surface area contributed by atoms with Gasteiger partial charge in [-0.15, -0.1) is 11.6 Å². The molecule has 3 aromatic rings. The molecule has 5 heteroatoms. The Morgan fingerprint density at radius 2 is 1.71 bits per heavy atom. The molecule has 158 valence electrons. The van der Waals surface area contributed by atoms with E-state index in [4.69, 9.17) is 21.1 Å². The monoisotopic (exact) mass is 433 g/mol. The zero-order valence-corrected chi connectivity index (χ0v) is 18.1. The summed E-state index contributed by atoms with van der Waals surface area (Å²) in [6.45, 7) is 0.681. The van der Waals surface area contributed by atoms with E-state index in [9.17, 15) is 4.79 Å². The number of amides is 1. The molecule has 1 aliphatic rings. The molecule has 0 heterocycles. The van der Waals surface area contributed by atoms with E-state index in [0.29, 0.717) is 19.0 Å². The number of alkyl carbamates (subject to hydrolysis) is 1. The van der Waals surface area contributed by atoms with Gasteiger partial charge in [-0.05, 0) is 39.9 Å². The third kappa shape index (κ3) is 4.59. The van der Waals surface area contributed by atoms with E-state index in [-0.39, 0.29) is 5.92 Å². The Morgan fingerprint density at radius 1 is 1.03 bits per heavy atom. The molecular formula is C26H24ClNO3. The summed E-state index contributed by atoms with van der Waals surface area (Å²) < 4.78 is 10.8. The van der Waals surface area contributed by atoms with E-state index in [2.05, 4.69) is 29.6 Å². The van der Waals surface area contributed by atoms with Gasteiger partial charge >= 0.3 is 6.09 Å². The van der Waals surface area contributed by atoms with Crippen molar-refractivity contribution in [1.82, 2.24) is 5.32 Å². The standard InChI is InChI=1S/C26H24ClNO3/c1-30-25-13-12-18(15-19(25)16-27)7-6-14-28-26(29)31-17-24-22-10-4-2-8-20(22)21-9-3-5-11-23(21)24/h2-13,15,24H,14,16-17H2,1H3,(H,28,29). The van der Waals surface area contributed by atoms with Gasteiger partial charge in [0.05, 0.1) is 13.0 Å². The number of methoxy groups -OCH3 is 1. The second-order valence-electron chi connectivity index (χ2n) is 7.31. The van der Waals surface area contributed by atoms with Crippen molar-refractivity contribution in [3.05, 3.63) is 95.1 Å². The maximum absolute atomic E-state index is 12.2. The van der Waals surface area contributed by atoms with Gasteiger partial charge in [0.1, 0.15) is 12.4 Å². The molecule has 4 nitrogen and oxygen atoms in total. The third-order valence-electron chi connectivity index (χ3n) is 5.47. The van der Waals surface area contributed by atoms with Crippen molar-refractivity contribution in [2.45, 2.75) is 11.8 Å². The Balaban J connectivity index is 1.32. The minimum absolute atomic E-state index is 0.0574. The quantitative estimate of drug-likeness (QED) is 0.466. The van der Waals surface area contributed by atoms with Gasteiger partial charge in [0.25, 0.3) is 0 Å². The van der Waals surface area contributed by atoms with Crippen molar-refractivity contribution in [2.75, 3.05) is 20.3 Å². The predicted octanol–water partition coefficient (Wildman–Crippen LogP) is 5.99. The van der Waals surface area contributed by atoms with Crippen LogP contribution >= 0.6 is 11.6 Å². The SMILES string of the molecule is COc1ccc(C=CCNC(=O)OCC2c3ccccc3-c3ccccc32)cc1CCl. The average Bonchev–Trinajstić information content (AvgIpc) is 3.14. The van der Waals surface area contributed by atoms with E-state index in [1.165, 1.54) is 22.3 Å². The summed E-state index contributed by atoms with van der Waals surface area (Å²) in [4.78, 5) is 12.2. The van der Waals surface area contributed by atoms with Crippen LogP contribution in [0.3, 0.4) is 0 Å². The van der Waals surface area contributed by atoms with E-state index in [0.717, 1.165) is 16.9 Å². The van der Waals surface area contributed by atoms with Crippen molar-refractivity contribution in [3.63, 3.8) is 0 Å². The summed E-state index contributed by atoms with van der Waals surface area (Å²) in [6, 6.07) is 22.4. The van der Waals surface area contributed by atoms with E-state index in [1.807, 2.05) is 54.6 Å². The molecule has 0 saturated carbocycles. The van der Waals surface area contributed by atoms with Gasteiger partial charge < -0.3 is 14.8 Å². The number of hydrogen-bond acceptors (Lipinski definition) is 3. The molecular weight excluding hydrogens is 410 g/mol. The maximum Gasteiger partial charge on any atom is 0.407 e. The van der Waals surface area contributed by atoms with Gasteiger partial charge in [-0.1, -0.05) is 66.7 Å². The normalized spacial score (nSPS) is 12.5. The number of ether oxygens (including phenoxy) is 2. The highest BCUT2D eigenvalue weighted by Crippen LogP contribution is 2.44. The van der Waals surface area contributed by atoms with Crippen molar-refractivity contribution < 1.29 is 14.3 Å². The second-order valence-corrected chi connectivity index (χ2v) is 7.58. The molecule has 0 aliphatic heterocycles. The fourth-order valence-corrected chi connectivity index (χ4v) is 4.20. The summed E-state index contributed by atoms with van der Waals surface area (Å²) in [5.41, 5.74) is 6.75. The van der Waals surface area contributed by atoms with Crippen molar-refractivity contribution in [3.8, 4) is 16.9 Å². The van der Waals surface area contributed by atoms with Crippen LogP contribution in [0.1, 0.15) is 28.2 Å². The summed E-state index contributed by atoms with van der Waals surface area (Å²) >= 11 is 5.96. The molecule has 0 fully saturated rings. The lowest BCUT2D eigenvalue weighted by Gasteiger charge is -2.14. The predicted molar refractivity (Wildman–Crippen MR) is 125 cm³/mol. The average molecular weight is 434 g/mol. The van der Waals surface area contributed by atoms with Gasteiger partial charge in [-0.2, -0.15) is 0 Å².